The Kier molecular flexibility index (Phi) is 6.73. The standard InChI is InChI=1S/C21H33N3O3/c1-4-27-20(25)21(14-17-6-5-7-19(13-17)26-3)8-10-24(11-9-21)15-18-12-16(2)22-23-18/h5-7,13,16,18,22-23H,4,8-12,14-15H2,1-3H3. The number of piperidine rings is 1. The van der Waals surface area contributed by atoms with Crippen LogP contribution in [0.4, 0.5) is 0 Å². The topological polar surface area (TPSA) is 62.8 Å². The summed E-state index contributed by atoms with van der Waals surface area (Å²) in [6.07, 6.45) is 3.51. The van der Waals surface area contributed by atoms with Crippen LogP contribution >= 0.6 is 0 Å². The zero-order valence-corrected chi connectivity index (χ0v) is 16.8. The summed E-state index contributed by atoms with van der Waals surface area (Å²) in [7, 11) is 1.67. The number of hydrogen-bond acceptors (Lipinski definition) is 6. The van der Waals surface area contributed by atoms with Crippen molar-refractivity contribution in [2.45, 2.75) is 51.6 Å². The number of nitrogens with zero attached hydrogens (tertiary/aromatic N) is 1. The predicted molar refractivity (Wildman–Crippen MR) is 106 cm³/mol. The van der Waals surface area contributed by atoms with Crippen LogP contribution in [-0.2, 0) is 16.0 Å². The molecule has 0 amide bonds. The molecule has 1 aromatic rings. The molecule has 0 aliphatic carbocycles. The van der Waals surface area contributed by atoms with E-state index in [0.29, 0.717) is 25.1 Å². The van der Waals surface area contributed by atoms with Gasteiger partial charge in [-0.2, -0.15) is 0 Å². The molecule has 2 N–H and O–H groups in total. The van der Waals surface area contributed by atoms with E-state index in [2.05, 4.69) is 28.7 Å². The summed E-state index contributed by atoms with van der Waals surface area (Å²) in [5.74, 6) is 0.777. The Morgan fingerprint density at radius 1 is 1.30 bits per heavy atom. The van der Waals surface area contributed by atoms with Crippen molar-refractivity contribution in [3.63, 3.8) is 0 Å². The number of nitrogens with one attached hydrogen (secondary N) is 2. The summed E-state index contributed by atoms with van der Waals surface area (Å²) in [6, 6.07) is 9.03. The average Bonchev–Trinajstić information content (AvgIpc) is 3.08. The third-order valence-corrected chi connectivity index (χ3v) is 5.85. The SMILES string of the molecule is CCOC(=O)C1(Cc2cccc(OC)c2)CCN(CC2CC(C)NN2)CC1. The highest BCUT2D eigenvalue weighted by Gasteiger charge is 2.43. The van der Waals surface area contributed by atoms with Gasteiger partial charge < -0.3 is 14.4 Å². The highest BCUT2D eigenvalue weighted by molar-refractivity contribution is 5.77. The van der Waals surface area contributed by atoms with Gasteiger partial charge in [0.05, 0.1) is 19.1 Å². The summed E-state index contributed by atoms with van der Waals surface area (Å²) in [5.41, 5.74) is 7.36. The molecule has 2 aliphatic heterocycles. The molecule has 2 saturated heterocycles. The first kappa shape index (κ1) is 20.1. The quantitative estimate of drug-likeness (QED) is 0.712. The molecule has 2 atom stereocenters. The number of esters is 1. The molecule has 0 radical (unpaired) electrons. The van der Waals surface area contributed by atoms with Crippen molar-refractivity contribution < 1.29 is 14.3 Å². The average molecular weight is 376 g/mol. The van der Waals surface area contributed by atoms with Gasteiger partial charge in [0.2, 0.25) is 0 Å². The minimum absolute atomic E-state index is 0.0539. The fourth-order valence-electron chi connectivity index (χ4n) is 4.31. The van der Waals surface area contributed by atoms with Crippen LogP contribution in [0, 0.1) is 5.41 Å². The minimum atomic E-state index is -0.437. The van der Waals surface area contributed by atoms with Crippen LogP contribution in [0.2, 0.25) is 0 Å². The van der Waals surface area contributed by atoms with Crippen LogP contribution in [0.5, 0.6) is 5.75 Å². The Morgan fingerprint density at radius 3 is 2.70 bits per heavy atom. The molecular formula is C21H33N3O3. The first-order valence-corrected chi connectivity index (χ1v) is 10.1. The number of hydrazine groups is 1. The Morgan fingerprint density at radius 2 is 2.07 bits per heavy atom. The summed E-state index contributed by atoms with van der Waals surface area (Å²) in [4.78, 5) is 15.4. The molecule has 2 unspecified atom stereocenters. The monoisotopic (exact) mass is 375 g/mol. The van der Waals surface area contributed by atoms with Gasteiger partial charge in [-0.15, -0.1) is 0 Å². The maximum absolute atomic E-state index is 12.9. The second-order valence-corrected chi connectivity index (χ2v) is 7.95. The fourth-order valence-corrected chi connectivity index (χ4v) is 4.31. The van der Waals surface area contributed by atoms with Gasteiger partial charge in [0.1, 0.15) is 5.75 Å². The maximum atomic E-state index is 12.9. The Balaban J connectivity index is 1.66. The number of benzene rings is 1. The van der Waals surface area contributed by atoms with Crippen LogP contribution < -0.4 is 15.6 Å². The third-order valence-electron chi connectivity index (χ3n) is 5.85. The van der Waals surface area contributed by atoms with Gasteiger partial charge in [-0.25, -0.2) is 0 Å². The molecule has 3 rings (SSSR count). The Hall–Kier alpha value is -1.63. The molecule has 150 valence electrons. The zero-order chi connectivity index (χ0) is 19.3. The first-order chi connectivity index (χ1) is 13.0. The van der Waals surface area contributed by atoms with E-state index in [-0.39, 0.29) is 5.97 Å². The number of likely N-dealkylation sites (tertiary alicyclic amines) is 1. The van der Waals surface area contributed by atoms with E-state index in [9.17, 15) is 4.79 Å². The van der Waals surface area contributed by atoms with Gasteiger partial charge in [0.15, 0.2) is 0 Å². The lowest BCUT2D eigenvalue weighted by Gasteiger charge is -2.40. The molecule has 27 heavy (non-hydrogen) atoms. The minimum Gasteiger partial charge on any atom is -0.497 e. The molecule has 6 heteroatoms. The second-order valence-electron chi connectivity index (χ2n) is 7.95. The molecule has 2 heterocycles. The summed E-state index contributed by atoms with van der Waals surface area (Å²) in [5, 5.41) is 0. The molecule has 2 aliphatic rings. The lowest BCUT2D eigenvalue weighted by atomic mass is 9.73. The van der Waals surface area contributed by atoms with E-state index >= 15 is 0 Å². The van der Waals surface area contributed by atoms with Gasteiger partial charge >= 0.3 is 5.97 Å². The van der Waals surface area contributed by atoms with Crippen molar-refractivity contribution in [3.05, 3.63) is 29.8 Å². The number of hydrogen-bond donors (Lipinski definition) is 2. The first-order valence-electron chi connectivity index (χ1n) is 10.1. The molecule has 2 fully saturated rings. The molecule has 0 saturated carbocycles. The summed E-state index contributed by atoms with van der Waals surface area (Å²) in [6.45, 7) is 7.38. The number of ether oxygens (including phenoxy) is 2. The van der Waals surface area contributed by atoms with E-state index in [1.165, 1.54) is 0 Å². The van der Waals surface area contributed by atoms with Crippen LogP contribution in [0.3, 0.4) is 0 Å². The molecule has 0 spiro atoms. The fraction of sp³-hybridized carbons (Fsp3) is 0.667. The summed E-state index contributed by atoms with van der Waals surface area (Å²) < 4.78 is 10.8. The molecule has 0 aromatic heterocycles. The van der Waals surface area contributed by atoms with Crippen molar-refractivity contribution in [2.24, 2.45) is 5.41 Å². The lowest BCUT2D eigenvalue weighted by Crippen LogP contribution is -2.49. The van der Waals surface area contributed by atoms with Gasteiger partial charge in [0, 0.05) is 18.6 Å². The Bertz CT molecular complexity index is 629. The van der Waals surface area contributed by atoms with Crippen molar-refractivity contribution in [1.29, 1.82) is 0 Å². The van der Waals surface area contributed by atoms with Crippen molar-refractivity contribution in [3.8, 4) is 5.75 Å². The largest absolute Gasteiger partial charge is 0.497 e. The van der Waals surface area contributed by atoms with E-state index in [1.54, 1.807) is 7.11 Å². The second kappa shape index (κ2) is 9.04. The van der Waals surface area contributed by atoms with Crippen LogP contribution in [-0.4, -0.2) is 56.3 Å². The van der Waals surface area contributed by atoms with Crippen molar-refractivity contribution in [1.82, 2.24) is 15.8 Å². The number of carbonyl (C=O) groups is 1. The van der Waals surface area contributed by atoms with E-state index in [1.807, 2.05) is 25.1 Å². The van der Waals surface area contributed by atoms with Gasteiger partial charge in [0.25, 0.3) is 0 Å². The summed E-state index contributed by atoms with van der Waals surface area (Å²) >= 11 is 0. The van der Waals surface area contributed by atoms with E-state index < -0.39 is 5.41 Å². The van der Waals surface area contributed by atoms with Gasteiger partial charge in [-0.05, 0) is 70.3 Å². The molecule has 6 nitrogen and oxygen atoms in total. The van der Waals surface area contributed by atoms with Gasteiger partial charge in [-0.3, -0.25) is 15.6 Å². The number of rotatable bonds is 7. The van der Waals surface area contributed by atoms with Crippen molar-refractivity contribution in [2.75, 3.05) is 33.4 Å². The molecule has 0 bridgehead atoms. The van der Waals surface area contributed by atoms with Crippen LogP contribution in [0.25, 0.3) is 0 Å². The highest BCUT2D eigenvalue weighted by atomic mass is 16.5. The third kappa shape index (κ3) is 5.00. The molecule has 1 aromatic carbocycles. The van der Waals surface area contributed by atoms with E-state index in [4.69, 9.17) is 9.47 Å². The van der Waals surface area contributed by atoms with Crippen LogP contribution in [0.1, 0.15) is 38.7 Å². The van der Waals surface area contributed by atoms with Gasteiger partial charge in [-0.1, -0.05) is 12.1 Å². The normalized spacial score (nSPS) is 25.3. The predicted octanol–water partition coefficient (Wildman–Crippen LogP) is 2.14. The number of carbonyl (C=O) groups excluding carboxylic acids is 1. The maximum Gasteiger partial charge on any atom is 0.312 e. The van der Waals surface area contributed by atoms with E-state index in [0.717, 1.165) is 50.2 Å². The smallest absolute Gasteiger partial charge is 0.312 e. The number of methoxy groups -OCH3 is 1. The lowest BCUT2D eigenvalue weighted by molar-refractivity contribution is -0.158. The zero-order valence-electron chi connectivity index (χ0n) is 16.8. The van der Waals surface area contributed by atoms with Crippen LogP contribution in [0.15, 0.2) is 24.3 Å². The Labute approximate surface area is 162 Å². The highest BCUT2D eigenvalue weighted by Crippen LogP contribution is 2.37. The molecular weight excluding hydrogens is 342 g/mol. The van der Waals surface area contributed by atoms with Crippen molar-refractivity contribution >= 4 is 5.97 Å².